The molecule has 0 aliphatic heterocycles. The molecule has 1 amide bonds. The van der Waals surface area contributed by atoms with Gasteiger partial charge in [0.2, 0.25) is 0 Å². The summed E-state index contributed by atoms with van der Waals surface area (Å²) in [5.41, 5.74) is 5.65. The van der Waals surface area contributed by atoms with Crippen LogP contribution in [0.4, 0.5) is 4.79 Å². The zero-order valence-corrected chi connectivity index (χ0v) is 26.7. The lowest BCUT2D eigenvalue weighted by Gasteiger charge is -2.37. The molecule has 9 heteroatoms. The number of alkyl carbamates (subject to hydrolysis) is 1. The van der Waals surface area contributed by atoms with Crippen LogP contribution in [-0.2, 0) is 16.0 Å². The Kier molecular flexibility index (Phi) is 8.91. The van der Waals surface area contributed by atoms with Gasteiger partial charge in [-0.2, -0.15) is 0 Å². The highest BCUT2D eigenvalue weighted by Gasteiger charge is 2.40. The van der Waals surface area contributed by atoms with Crippen molar-refractivity contribution in [2.24, 2.45) is 0 Å². The minimum atomic E-state index is -2.26. The first-order chi connectivity index (χ1) is 19.8. The van der Waals surface area contributed by atoms with E-state index < -0.39 is 26.4 Å². The first-order valence-corrected chi connectivity index (χ1v) is 17.0. The number of hydrogen-bond donors (Lipinski definition) is 2. The molecule has 42 heavy (non-hydrogen) atoms. The smallest absolute Gasteiger partial charge is 0.407 e. The fourth-order valence-corrected chi connectivity index (χ4v) is 6.22. The van der Waals surface area contributed by atoms with E-state index in [9.17, 15) is 14.7 Å². The van der Waals surface area contributed by atoms with Gasteiger partial charge >= 0.3 is 12.1 Å². The molecule has 0 saturated carbocycles. The van der Waals surface area contributed by atoms with Gasteiger partial charge in [-0.05, 0) is 53.4 Å². The van der Waals surface area contributed by atoms with Crippen molar-refractivity contribution in [3.05, 3.63) is 76.9 Å². The lowest BCUT2D eigenvalue weighted by Crippen LogP contribution is -2.44. The minimum absolute atomic E-state index is 0.0403. The highest BCUT2D eigenvalue weighted by Crippen LogP contribution is 2.46. The van der Waals surface area contributed by atoms with Crippen LogP contribution in [0.1, 0.15) is 48.9 Å². The third-order valence-corrected chi connectivity index (χ3v) is 12.8. The third-order valence-electron chi connectivity index (χ3n) is 8.44. The van der Waals surface area contributed by atoms with Crippen LogP contribution in [-0.4, -0.2) is 52.4 Å². The maximum absolute atomic E-state index is 12.9. The van der Waals surface area contributed by atoms with E-state index in [1.807, 2.05) is 43.3 Å². The summed E-state index contributed by atoms with van der Waals surface area (Å²) >= 11 is 0. The number of carbonyl (C=O) groups is 2. The molecule has 0 aromatic heterocycles. The SMILES string of the molecule is COc1c(C[C@H](NC(=O)OCC2c3ccccc3-c3ccccc32)C(=O)O)cc(O[Si](C)(C)C(C)(C)C)c(OC)c1C. The fourth-order valence-electron chi connectivity index (χ4n) is 5.21. The van der Waals surface area contributed by atoms with Crippen LogP contribution in [0.5, 0.6) is 17.2 Å². The molecular weight excluding hydrogens is 550 g/mol. The summed E-state index contributed by atoms with van der Waals surface area (Å²) in [5.74, 6) is 0.228. The van der Waals surface area contributed by atoms with Gasteiger partial charge in [-0.25, -0.2) is 9.59 Å². The first-order valence-electron chi connectivity index (χ1n) is 14.1. The molecule has 0 heterocycles. The van der Waals surface area contributed by atoms with Crippen molar-refractivity contribution >= 4 is 20.4 Å². The lowest BCUT2D eigenvalue weighted by molar-refractivity contribution is -0.139. The molecule has 0 unspecified atom stereocenters. The Bertz CT molecular complexity index is 1430. The van der Waals surface area contributed by atoms with Crippen molar-refractivity contribution < 1.29 is 33.3 Å². The van der Waals surface area contributed by atoms with Gasteiger partial charge in [0.05, 0.1) is 14.2 Å². The zero-order chi connectivity index (χ0) is 30.8. The van der Waals surface area contributed by atoms with Crippen molar-refractivity contribution in [3.8, 4) is 28.4 Å². The van der Waals surface area contributed by atoms with Crippen molar-refractivity contribution in [3.63, 3.8) is 0 Å². The van der Waals surface area contributed by atoms with Crippen LogP contribution in [0.15, 0.2) is 54.6 Å². The summed E-state index contributed by atoms with van der Waals surface area (Å²) in [5, 5.41) is 12.5. The summed E-state index contributed by atoms with van der Waals surface area (Å²) in [6, 6.07) is 16.6. The number of carboxylic acids is 1. The molecular formula is C33H41NO7Si. The van der Waals surface area contributed by atoms with Crippen LogP contribution >= 0.6 is 0 Å². The number of ether oxygens (including phenoxy) is 3. The molecule has 0 bridgehead atoms. The number of fused-ring (bicyclic) bond motifs is 3. The summed E-state index contributed by atoms with van der Waals surface area (Å²) in [6.07, 6.45) is -0.840. The van der Waals surface area contributed by atoms with Gasteiger partial charge in [-0.3, -0.25) is 0 Å². The number of nitrogens with one attached hydrogen (secondary N) is 1. The normalized spacial score (nSPS) is 13.5. The Morgan fingerprint density at radius 3 is 2.00 bits per heavy atom. The number of carboxylic acid groups (broad SMARTS) is 1. The Balaban J connectivity index is 1.54. The van der Waals surface area contributed by atoms with Crippen LogP contribution < -0.4 is 19.2 Å². The predicted molar refractivity (Wildman–Crippen MR) is 165 cm³/mol. The third kappa shape index (κ3) is 6.11. The molecule has 8 nitrogen and oxygen atoms in total. The lowest BCUT2D eigenvalue weighted by atomic mass is 9.98. The van der Waals surface area contributed by atoms with E-state index in [0.29, 0.717) is 28.4 Å². The largest absolute Gasteiger partial charge is 0.541 e. The second kappa shape index (κ2) is 12.1. The molecule has 4 rings (SSSR count). The van der Waals surface area contributed by atoms with Crippen molar-refractivity contribution in [1.82, 2.24) is 5.32 Å². The first kappa shape index (κ1) is 31.0. The number of aliphatic carboxylic acids is 1. The van der Waals surface area contributed by atoms with E-state index in [4.69, 9.17) is 18.6 Å². The average Bonchev–Trinajstić information content (AvgIpc) is 3.24. The van der Waals surface area contributed by atoms with E-state index in [0.717, 1.165) is 22.3 Å². The monoisotopic (exact) mass is 591 g/mol. The molecule has 0 radical (unpaired) electrons. The van der Waals surface area contributed by atoms with Gasteiger partial charge in [0.15, 0.2) is 5.75 Å². The van der Waals surface area contributed by atoms with Crippen LogP contribution in [0.25, 0.3) is 11.1 Å². The molecule has 3 aromatic carbocycles. The highest BCUT2D eigenvalue weighted by atomic mass is 28.4. The Labute approximate surface area is 249 Å². The van der Waals surface area contributed by atoms with Crippen LogP contribution in [0.3, 0.4) is 0 Å². The predicted octanol–water partition coefficient (Wildman–Crippen LogP) is 6.93. The average molecular weight is 592 g/mol. The van der Waals surface area contributed by atoms with Crippen LogP contribution in [0, 0.1) is 6.92 Å². The number of methoxy groups -OCH3 is 2. The molecule has 3 aromatic rings. The van der Waals surface area contributed by atoms with Gasteiger partial charge in [0, 0.05) is 23.5 Å². The fraction of sp³-hybridized carbons (Fsp3) is 0.394. The maximum atomic E-state index is 12.9. The second-order valence-corrected chi connectivity index (χ2v) is 16.9. The van der Waals surface area contributed by atoms with Crippen LogP contribution in [0.2, 0.25) is 18.1 Å². The molecule has 1 aliphatic carbocycles. The Hall–Kier alpha value is -3.98. The molecule has 1 atom stereocenters. The Morgan fingerprint density at radius 2 is 1.50 bits per heavy atom. The number of carbonyl (C=O) groups excluding carboxylic acids is 1. The molecule has 0 fully saturated rings. The van der Waals surface area contributed by atoms with Gasteiger partial charge in [0.1, 0.15) is 24.1 Å². The van der Waals surface area contributed by atoms with Gasteiger partial charge in [0.25, 0.3) is 8.32 Å². The minimum Gasteiger partial charge on any atom is -0.541 e. The summed E-state index contributed by atoms with van der Waals surface area (Å²) in [7, 11) is 0.834. The second-order valence-electron chi connectivity index (χ2n) is 12.2. The van der Waals surface area contributed by atoms with Crippen molar-refractivity contribution in [1.29, 1.82) is 0 Å². The number of hydrogen-bond acceptors (Lipinski definition) is 6. The zero-order valence-electron chi connectivity index (χ0n) is 25.7. The van der Waals surface area contributed by atoms with Gasteiger partial charge < -0.3 is 29.1 Å². The molecule has 0 spiro atoms. The van der Waals surface area contributed by atoms with Crippen molar-refractivity contribution in [2.45, 2.75) is 64.2 Å². The molecule has 1 aliphatic rings. The molecule has 0 saturated heterocycles. The van der Waals surface area contributed by atoms with E-state index in [2.05, 4.69) is 51.3 Å². The summed E-state index contributed by atoms with van der Waals surface area (Å²) in [4.78, 5) is 25.3. The standard InChI is InChI=1S/C33H41NO7Si/c1-20-29(38-5)21(18-28(30(20)39-6)41-42(7,8)33(2,3)4)17-27(31(35)36)34-32(37)40-19-26-24-15-11-9-13-22(24)23-14-10-12-16-25(23)26/h9-16,18,26-27H,17,19H2,1-8H3,(H,34,37)(H,35,36)/t27-/m0/s1. The highest BCUT2D eigenvalue weighted by molar-refractivity contribution is 6.74. The number of benzene rings is 3. The molecule has 2 N–H and O–H groups in total. The molecule has 224 valence electrons. The number of amides is 1. The topological polar surface area (TPSA) is 103 Å². The van der Waals surface area contributed by atoms with E-state index in [-0.39, 0.29) is 24.0 Å². The summed E-state index contributed by atoms with van der Waals surface area (Å²) < 4.78 is 23.6. The number of rotatable bonds is 10. The maximum Gasteiger partial charge on any atom is 0.407 e. The van der Waals surface area contributed by atoms with E-state index in [1.54, 1.807) is 13.2 Å². The van der Waals surface area contributed by atoms with Crippen molar-refractivity contribution in [2.75, 3.05) is 20.8 Å². The van der Waals surface area contributed by atoms with Gasteiger partial charge in [-0.1, -0.05) is 69.3 Å². The Morgan fingerprint density at radius 1 is 0.952 bits per heavy atom. The summed E-state index contributed by atoms with van der Waals surface area (Å²) in [6.45, 7) is 12.6. The quantitative estimate of drug-likeness (QED) is 0.246. The van der Waals surface area contributed by atoms with E-state index in [1.165, 1.54) is 7.11 Å². The van der Waals surface area contributed by atoms with E-state index >= 15 is 0 Å². The van der Waals surface area contributed by atoms with Gasteiger partial charge in [-0.15, -0.1) is 0 Å².